The lowest BCUT2D eigenvalue weighted by Crippen LogP contribution is -2.40. The molecule has 1 fully saturated rings. The van der Waals surface area contributed by atoms with Crippen LogP contribution in [0, 0.1) is 5.92 Å². The number of hydrogen-bond donors (Lipinski definition) is 1. The van der Waals surface area contributed by atoms with E-state index in [2.05, 4.69) is 36.6 Å². The predicted octanol–water partition coefficient (Wildman–Crippen LogP) is 0.807. The number of aromatic nitrogens is 5. The summed E-state index contributed by atoms with van der Waals surface area (Å²) >= 11 is 0. The molecule has 1 saturated heterocycles. The van der Waals surface area contributed by atoms with Crippen LogP contribution in [-0.2, 0) is 27.1 Å². The van der Waals surface area contributed by atoms with Crippen molar-refractivity contribution in [1.29, 1.82) is 0 Å². The van der Waals surface area contributed by atoms with Crippen molar-refractivity contribution in [2.45, 2.75) is 19.4 Å². The summed E-state index contributed by atoms with van der Waals surface area (Å²) in [6, 6.07) is 0. The number of aliphatic imine (C=N–C) groups is 1. The van der Waals surface area contributed by atoms with E-state index in [-0.39, 0.29) is 24.0 Å². The number of nitrogens with one attached hydrogen (secondary N) is 1. The van der Waals surface area contributed by atoms with Crippen molar-refractivity contribution in [2.75, 3.05) is 20.1 Å². The van der Waals surface area contributed by atoms with Gasteiger partial charge < -0.3 is 10.2 Å². The molecule has 0 aromatic carbocycles. The molecular formula is C15H25IN8. The lowest BCUT2D eigenvalue weighted by Gasteiger charge is -2.21. The van der Waals surface area contributed by atoms with Crippen molar-refractivity contribution >= 4 is 29.9 Å². The molecule has 0 saturated carbocycles. The first-order chi connectivity index (χ1) is 11.2. The summed E-state index contributed by atoms with van der Waals surface area (Å²) in [5, 5.41) is 11.7. The normalized spacial score (nSPS) is 17.9. The summed E-state index contributed by atoms with van der Waals surface area (Å²) in [4.78, 5) is 10.9. The van der Waals surface area contributed by atoms with Gasteiger partial charge in [0.15, 0.2) is 5.96 Å². The average Bonchev–Trinajstić information content (AvgIpc) is 3.24. The van der Waals surface area contributed by atoms with Gasteiger partial charge in [-0.25, -0.2) is 4.98 Å². The van der Waals surface area contributed by atoms with Crippen LogP contribution in [0.4, 0.5) is 0 Å². The first kappa shape index (κ1) is 18.7. The van der Waals surface area contributed by atoms with Crippen molar-refractivity contribution in [3.05, 3.63) is 30.1 Å². The molecule has 24 heavy (non-hydrogen) atoms. The van der Waals surface area contributed by atoms with Crippen LogP contribution >= 0.6 is 24.0 Å². The molecule has 1 unspecified atom stereocenters. The quantitative estimate of drug-likeness (QED) is 0.429. The van der Waals surface area contributed by atoms with Gasteiger partial charge in [0.25, 0.3) is 0 Å². The molecule has 0 amide bonds. The molecule has 132 valence electrons. The van der Waals surface area contributed by atoms with Gasteiger partial charge in [-0.3, -0.25) is 14.4 Å². The van der Waals surface area contributed by atoms with E-state index in [1.165, 1.54) is 12.0 Å². The minimum atomic E-state index is 0. The molecule has 1 atom stereocenters. The number of hydrogen-bond acceptors (Lipinski definition) is 4. The third-order valence-corrected chi connectivity index (χ3v) is 4.29. The Kier molecular flexibility index (Phi) is 6.58. The Bertz CT molecular complexity index is 677. The number of nitrogens with zero attached hydrogens (tertiary/aromatic N) is 7. The fraction of sp³-hybridized carbons (Fsp3) is 0.600. The maximum absolute atomic E-state index is 4.40. The Balaban J connectivity index is 0.00000208. The zero-order chi connectivity index (χ0) is 16.2. The van der Waals surface area contributed by atoms with Gasteiger partial charge in [0, 0.05) is 40.4 Å². The number of likely N-dealkylation sites (tertiary alicyclic amines) is 1. The average molecular weight is 444 g/mol. The van der Waals surface area contributed by atoms with Crippen molar-refractivity contribution in [3.8, 4) is 0 Å². The standard InChI is InChI=1S/C15H24N8.HI/c1-16-15(17-8-14-18-11-20-22(14)3)23-5-4-12(10-23)6-13-7-19-21(2)9-13;/h7,9,11-12H,4-6,8,10H2,1-3H3,(H,16,17);1H. The zero-order valence-corrected chi connectivity index (χ0v) is 16.7. The van der Waals surface area contributed by atoms with Gasteiger partial charge in [-0.2, -0.15) is 10.2 Å². The molecule has 9 heteroatoms. The van der Waals surface area contributed by atoms with Crippen molar-refractivity contribution in [3.63, 3.8) is 0 Å². The Hall–Kier alpha value is -1.65. The van der Waals surface area contributed by atoms with Gasteiger partial charge in [0.1, 0.15) is 12.2 Å². The highest BCUT2D eigenvalue weighted by Crippen LogP contribution is 2.20. The van der Waals surface area contributed by atoms with E-state index >= 15 is 0 Å². The Morgan fingerprint density at radius 1 is 1.38 bits per heavy atom. The number of halogens is 1. The minimum absolute atomic E-state index is 0. The van der Waals surface area contributed by atoms with E-state index in [0.717, 1.165) is 31.3 Å². The van der Waals surface area contributed by atoms with Crippen molar-refractivity contribution < 1.29 is 0 Å². The van der Waals surface area contributed by atoms with Gasteiger partial charge in [0.05, 0.1) is 12.7 Å². The van der Waals surface area contributed by atoms with E-state index in [4.69, 9.17) is 0 Å². The lowest BCUT2D eigenvalue weighted by molar-refractivity contribution is 0.458. The molecule has 1 N–H and O–H groups in total. The van der Waals surface area contributed by atoms with Crippen molar-refractivity contribution in [2.24, 2.45) is 25.0 Å². The third kappa shape index (κ3) is 4.46. The van der Waals surface area contributed by atoms with Crippen molar-refractivity contribution in [1.82, 2.24) is 34.8 Å². The molecule has 8 nitrogen and oxygen atoms in total. The van der Waals surface area contributed by atoms with E-state index in [9.17, 15) is 0 Å². The Morgan fingerprint density at radius 2 is 2.21 bits per heavy atom. The van der Waals surface area contributed by atoms with Gasteiger partial charge in [-0.15, -0.1) is 24.0 Å². The van der Waals surface area contributed by atoms with E-state index in [0.29, 0.717) is 12.5 Å². The molecule has 2 aromatic heterocycles. The maximum atomic E-state index is 4.40. The summed E-state index contributed by atoms with van der Waals surface area (Å²) in [5.74, 6) is 2.48. The molecular weight excluding hydrogens is 419 g/mol. The predicted molar refractivity (Wildman–Crippen MR) is 103 cm³/mol. The van der Waals surface area contributed by atoms with Gasteiger partial charge in [0.2, 0.25) is 0 Å². The summed E-state index contributed by atoms with van der Waals surface area (Å²) in [6.07, 6.45) is 7.89. The van der Waals surface area contributed by atoms with Crippen LogP contribution in [0.25, 0.3) is 0 Å². The number of rotatable bonds is 4. The van der Waals surface area contributed by atoms with Gasteiger partial charge in [-0.05, 0) is 24.3 Å². The first-order valence-electron chi connectivity index (χ1n) is 7.91. The van der Waals surface area contributed by atoms with Crippen LogP contribution < -0.4 is 5.32 Å². The van der Waals surface area contributed by atoms with E-state index in [1.807, 2.05) is 32.0 Å². The molecule has 0 radical (unpaired) electrons. The molecule has 0 spiro atoms. The SMILES string of the molecule is CN=C(NCc1ncnn1C)N1CCC(Cc2cnn(C)c2)C1.I. The highest BCUT2D eigenvalue weighted by Gasteiger charge is 2.25. The Labute approximate surface area is 159 Å². The second kappa shape index (κ2) is 8.45. The number of guanidine groups is 1. The lowest BCUT2D eigenvalue weighted by atomic mass is 10.0. The molecule has 3 heterocycles. The van der Waals surface area contributed by atoms with Gasteiger partial charge >= 0.3 is 0 Å². The topological polar surface area (TPSA) is 76.2 Å². The second-order valence-corrected chi connectivity index (χ2v) is 6.03. The van der Waals surface area contributed by atoms with Crippen LogP contribution in [0.5, 0.6) is 0 Å². The number of aryl methyl sites for hydroxylation is 2. The second-order valence-electron chi connectivity index (χ2n) is 6.03. The highest BCUT2D eigenvalue weighted by molar-refractivity contribution is 14.0. The van der Waals surface area contributed by atoms with Crippen LogP contribution in [0.15, 0.2) is 23.7 Å². The van der Waals surface area contributed by atoms with Gasteiger partial charge in [-0.1, -0.05) is 0 Å². The first-order valence-corrected chi connectivity index (χ1v) is 7.91. The van der Waals surface area contributed by atoms with E-state index < -0.39 is 0 Å². The van der Waals surface area contributed by atoms with Crippen LogP contribution in [0.3, 0.4) is 0 Å². The zero-order valence-electron chi connectivity index (χ0n) is 14.4. The molecule has 0 bridgehead atoms. The highest BCUT2D eigenvalue weighted by atomic mass is 127. The summed E-state index contributed by atoms with van der Waals surface area (Å²) in [7, 11) is 5.68. The van der Waals surface area contributed by atoms with Crippen LogP contribution in [0.2, 0.25) is 0 Å². The molecule has 3 rings (SSSR count). The fourth-order valence-corrected chi connectivity index (χ4v) is 3.07. The minimum Gasteiger partial charge on any atom is -0.349 e. The maximum Gasteiger partial charge on any atom is 0.194 e. The largest absolute Gasteiger partial charge is 0.349 e. The molecule has 1 aliphatic rings. The third-order valence-electron chi connectivity index (χ3n) is 4.29. The summed E-state index contributed by atoms with van der Waals surface area (Å²) < 4.78 is 3.64. The van der Waals surface area contributed by atoms with E-state index in [1.54, 1.807) is 11.0 Å². The fourth-order valence-electron chi connectivity index (χ4n) is 3.07. The molecule has 1 aliphatic heterocycles. The van der Waals surface area contributed by atoms with Crippen LogP contribution in [0.1, 0.15) is 17.8 Å². The monoisotopic (exact) mass is 444 g/mol. The molecule has 2 aromatic rings. The van der Waals surface area contributed by atoms with Crippen LogP contribution in [-0.4, -0.2) is 55.5 Å². The summed E-state index contributed by atoms with van der Waals surface area (Å²) in [5.41, 5.74) is 1.31. The summed E-state index contributed by atoms with van der Waals surface area (Å²) in [6.45, 7) is 2.68. The Morgan fingerprint density at radius 3 is 2.83 bits per heavy atom. The molecule has 0 aliphatic carbocycles. The smallest absolute Gasteiger partial charge is 0.194 e.